The van der Waals surface area contributed by atoms with Gasteiger partial charge < -0.3 is 10.4 Å². The molecule has 1 aromatic carbocycles. The van der Waals surface area contributed by atoms with Gasteiger partial charge in [0.2, 0.25) is 5.91 Å². The van der Waals surface area contributed by atoms with E-state index in [0.29, 0.717) is 5.92 Å². The zero-order valence-electron chi connectivity index (χ0n) is 14.1. The number of aliphatic hydroxyl groups is 1. The highest BCUT2D eigenvalue weighted by atomic mass is 16.3. The van der Waals surface area contributed by atoms with Gasteiger partial charge in [-0.2, -0.15) is 0 Å². The molecule has 0 aliphatic heterocycles. The van der Waals surface area contributed by atoms with Crippen LogP contribution in [0.3, 0.4) is 0 Å². The minimum absolute atomic E-state index is 0.140. The Labute approximate surface area is 139 Å². The first-order chi connectivity index (χ1) is 11.1. The smallest absolute Gasteiger partial charge is 0.227 e. The van der Waals surface area contributed by atoms with E-state index in [-0.39, 0.29) is 24.0 Å². The monoisotopic (exact) mass is 315 g/mol. The van der Waals surface area contributed by atoms with Gasteiger partial charge in [0.15, 0.2) is 0 Å². The standard InChI is InChI=1S/C20H29NO2/c1-15(6-5-11-22)21-19(23)20(13-16-7-3-2-4-8-16)14-17-9-10-18(20)12-17/h2-4,7-8,15,17-18,22H,5-6,9-14H2,1H3,(H,21,23). The first-order valence-corrected chi connectivity index (χ1v) is 9.10. The minimum Gasteiger partial charge on any atom is -0.396 e. The highest BCUT2D eigenvalue weighted by Gasteiger charge is 2.55. The van der Waals surface area contributed by atoms with Gasteiger partial charge in [0, 0.05) is 12.6 Å². The van der Waals surface area contributed by atoms with Crippen molar-refractivity contribution in [2.75, 3.05) is 6.61 Å². The van der Waals surface area contributed by atoms with Crippen molar-refractivity contribution in [3.8, 4) is 0 Å². The van der Waals surface area contributed by atoms with Crippen LogP contribution in [0.4, 0.5) is 0 Å². The van der Waals surface area contributed by atoms with Crippen molar-refractivity contribution in [2.45, 2.75) is 57.9 Å². The number of aliphatic hydroxyl groups excluding tert-OH is 1. The quantitative estimate of drug-likeness (QED) is 0.811. The Hall–Kier alpha value is -1.35. The third kappa shape index (κ3) is 3.45. The van der Waals surface area contributed by atoms with Crippen LogP contribution in [0, 0.1) is 17.3 Å². The van der Waals surface area contributed by atoms with Crippen molar-refractivity contribution in [3.63, 3.8) is 0 Å². The summed E-state index contributed by atoms with van der Waals surface area (Å²) in [6.07, 6.45) is 7.24. The maximum absolute atomic E-state index is 13.2. The maximum Gasteiger partial charge on any atom is 0.227 e. The number of carbonyl (C=O) groups is 1. The Morgan fingerprint density at radius 1 is 1.35 bits per heavy atom. The Morgan fingerprint density at radius 3 is 2.74 bits per heavy atom. The lowest BCUT2D eigenvalue weighted by atomic mass is 9.68. The molecule has 2 saturated carbocycles. The predicted octanol–water partition coefficient (Wildman–Crippen LogP) is 3.31. The summed E-state index contributed by atoms with van der Waals surface area (Å²) in [6, 6.07) is 10.6. The molecule has 1 amide bonds. The Balaban J connectivity index is 1.75. The number of hydrogen-bond donors (Lipinski definition) is 2. The molecular formula is C20H29NO2. The molecule has 3 nitrogen and oxygen atoms in total. The summed E-state index contributed by atoms with van der Waals surface area (Å²) in [5.74, 6) is 1.53. The number of nitrogens with one attached hydrogen (secondary N) is 1. The highest BCUT2D eigenvalue weighted by molar-refractivity contribution is 5.84. The zero-order chi connectivity index (χ0) is 16.3. The number of carbonyl (C=O) groups excluding carboxylic acids is 1. The van der Waals surface area contributed by atoms with Crippen LogP contribution in [0.2, 0.25) is 0 Å². The molecule has 2 bridgehead atoms. The molecule has 3 rings (SSSR count). The van der Waals surface area contributed by atoms with Crippen LogP contribution >= 0.6 is 0 Å². The third-order valence-electron chi connectivity index (χ3n) is 5.96. The second-order valence-electron chi connectivity index (χ2n) is 7.64. The fourth-order valence-electron chi connectivity index (χ4n) is 4.82. The molecule has 0 aromatic heterocycles. The van der Waals surface area contributed by atoms with Gasteiger partial charge in [-0.1, -0.05) is 36.8 Å². The number of amides is 1. The summed E-state index contributed by atoms with van der Waals surface area (Å²) in [4.78, 5) is 13.2. The van der Waals surface area contributed by atoms with Crippen molar-refractivity contribution in [3.05, 3.63) is 35.9 Å². The minimum atomic E-state index is -0.211. The molecule has 0 heterocycles. The van der Waals surface area contributed by atoms with Crippen LogP contribution in [0.1, 0.15) is 51.0 Å². The number of rotatable bonds is 7. The van der Waals surface area contributed by atoms with E-state index in [1.54, 1.807) is 0 Å². The van der Waals surface area contributed by atoms with Gasteiger partial charge in [0.1, 0.15) is 0 Å². The molecule has 1 aromatic rings. The Bertz CT molecular complexity index is 530. The van der Waals surface area contributed by atoms with E-state index in [9.17, 15) is 4.79 Å². The SMILES string of the molecule is CC(CCCO)NC(=O)C1(Cc2ccccc2)CC2CCC1C2. The molecule has 0 spiro atoms. The summed E-state index contributed by atoms with van der Waals surface area (Å²) in [6.45, 7) is 2.25. The van der Waals surface area contributed by atoms with Crippen molar-refractivity contribution in [1.82, 2.24) is 5.32 Å². The topological polar surface area (TPSA) is 49.3 Å². The molecule has 2 N–H and O–H groups in total. The lowest BCUT2D eigenvalue weighted by Crippen LogP contribution is -2.48. The second kappa shape index (κ2) is 7.04. The largest absolute Gasteiger partial charge is 0.396 e. The zero-order valence-corrected chi connectivity index (χ0v) is 14.1. The van der Waals surface area contributed by atoms with Crippen LogP contribution in [-0.2, 0) is 11.2 Å². The van der Waals surface area contributed by atoms with Crippen LogP contribution in [0.25, 0.3) is 0 Å². The predicted molar refractivity (Wildman–Crippen MR) is 92.0 cm³/mol. The molecular weight excluding hydrogens is 286 g/mol. The van der Waals surface area contributed by atoms with E-state index in [1.165, 1.54) is 24.8 Å². The summed E-state index contributed by atoms with van der Waals surface area (Å²) < 4.78 is 0. The van der Waals surface area contributed by atoms with E-state index >= 15 is 0 Å². The van der Waals surface area contributed by atoms with Gasteiger partial charge in [0.05, 0.1) is 5.41 Å². The fraction of sp³-hybridized carbons (Fsp3) is 0.650. The molecule has 2 fully saturated rings. The summed E-state index contributed by atoms with van der Waals surface area (Å²) >= 11 is 0. The first-order valence-electron chi connectivity index (χ1n) is 9.10. The average molecular weight is 315 g/mol. The number of fused-ring (bicyclic) bond motifs is 2. The lowest BCUT2D eigenvalue weighted by molar-refractivity contribution is -0.135. The van der Waals surface area contributed by atoms with E-state index in [0.717, 1.165) is 31.6 Å². The fourth-order valence-corrected chi connectivity index (χ4v) is 4.82. The Morgan fingerprint density at radius 2 is 2.13 bits per heavy atom. The average Bonchev–Trinajstić information content (AvgIpc) is 3.15. The second-order valence-corrected chi connectivity index (χ2v) is 7.64. The van der Waals surface area contributed by atoms with Gasteiger partial charge in [-0.3, -0.25) is 4.79 Å². The van der Waals surface area contributed by atoms with Gasteiger partial charge >= 0.3 is 0 Å². The van der Waals surface area contributed by atoms with E-state index in [1.807, 2.05) is 6.07 Å². The van der Waals surface area contributed by atoms with Crippen LogP contribution in [-0.4, -0.2) is 23.7 Å². The maximum atomic E-state index is 13.2. The highest BCUT2D eigenvalue weighted by Crippen LogP contribution is 2.57. The molecule has 3 heteroatoms. The molecule has 23 heavy (non-hydrogen) atoms. The van der Waals surface area contributed by atoms with Crippen molar-refractivity contribution in [2.24, 2.45) is 17.3 Å². The number of benzene rings is 1. The molecule has 0 saturated heterocycles. The van der Waals surface area contributed by atoms with E-state index < -0.39 is 0 Å². The van der Waals surface area contributed by atoms with Crippen LogP contribution in [0.15, 0.2) is 30.3 Å². The molecule has 2 aliphatic rings. The van der Waals surface area contributed by atoms with Crippen LogP contribution in [0.5, 0.6) is 0 Å². The van der Waals surface area contributed by atoms with Crippen molar-refractivity contribution >= 4 is 5.91 Å². The molecule has 2 aliphatic carbocycles. The molecule has 4 unspecified atom stereocenters. The summed E-state index contributed by atoms with van der Waals surface area (Å²) in [5, 5.41) is 12.2. The van der Waals surface area contributed by atoms with Gasteiger partial charge in [-0.15, -0.1) is 0 Å². The summed E-state index contributed by atoms with van der Waals surface area (Å²) in [5.41, 5.74) is 1.07. The number of hydrogen-bond acceptors (Lipinski definition) is 2. The molecule has 0 radical (unpaired) electrons. The normalized spacial score (nSPS) is 30.3. The Kier molecular flexibility index (Phi) is 5.05. The van der Waals surface area contributed by atoms with Gasteiger partial charge in [0.25, 0.3) is 0 Å². The van der Waals surface area contributed by atoms with Crippen molar-refractivity contribution < 1.29 is 9.90 Å². The van der Waals surface area contributed by atoms with Gasteiger partial charge in [-0.25, -0.2) is 0 Å². The molecule has 4 atom stereocenters. The third-order valence-corrected chi connectivity index (χ3v) is 5.96. The van der Waals surface area contributed by atoms with Crippen molar-refractivity contribution in [1.29, 1.82) is 0 Å². The van der Waals surface area contributed by atoms with Gasteiger partial charge in [-0.05, 0) is 62.8 Å². The summed E-state index contributed by atoms with van der Waals surface area (Å²) in [7, 11) is 0. The first kappa shape index (κ1) is 16.5. The molecule has 126 valence electrons. The van der Waals surface area contributed by atoms with E-state index in [2.05, 4.69) is 36.5 Å². The lowest BCUT2D eigenvalue weighted by Gasteiger charge is -2.37. The van der Waals surface area contributed by atoms with E-state index in [4.69, 9.17) is 5.11 Å². The van der Waals surface area contributed by atoms with Crippen LogP contribution < -0.4 is 5.32 Å².